The molecule has 1 aliphatic heterocycles. The number of aliphatic hydroxyl groups is 1. The van der Waals surface area contributed by atoms with Crippen LogP contribution in [0.4, 0.5) is 8.78 Å². The van der Waals surface area contributed by atoms with Crippen LogP contribution in [0.1, 0.15) is 13.3 Å². The normalized spacial score (nSPS) is 21.5. The third-order valence-corrected chi connectivity index (χ3v) is 4.19. The third-order valence-electron chi connectivity index (χ3n) is 4.19. The Bertz CT molecular complexity index is 447. The summed E-state index contributed by atoms with van der Waals surface area (Å²) in [5, 5.41) is 10.1. The van der Waals surface area contributed by atoms with Crippen molar-refractivity contribution in [1.29, 1.82) is 0 Å². The first-order chi connectivity index (χ1) is 11.1. The lowest BCUT2D eigenvalue weighted by atomic mass is 10.1. The molecule has 130 valence electrons. The first-order valence-corrected chi connectivity index (χ1v) is 8.19. The fourth-order valence-electron chi connectivity index (χ4n) is 2.99. The molecule has 0 radical (unpaired) electrons. The van der Waals surface area contributed by atoms with Gasteiger partial charge in [-0.3, -0.25) is 9.80 Å². The summed E-state index contributed by atoms with van der Waals surface area (Å²) in [6.45, 7) is 4.63. The standard InChI is InChI=1S/C17H26F2N2O2/c1-2-14-10-20(8-9-21(14)12-17(18)19)11-15(22)13-23-16-6-4-3-5-7-16/h3-7,14-15,17,22H,2,8-13H2,1H3. The van der Waals surface area contributed by atoms with Crippen molar-refractivity contribution in [3.63, 3.8) is 0 Å². The molecule has 0 bridgehead atoms. The second kappa shape index (κ2) is 9.15. The molecular weight excluding hydrogens is 302 g/mol. The third kappa shape index (κ3) is 6.05. The van der Waals surface area contributed by atoms with E-state index in [1.165, 1.54) is 0 Å². The van der Waals surface area contributed by atoms with Gasteiger partial charge in [0.2, 0.25) is 0 Å². The number of alkyl halides is 2. The average Bonchev–Trinajstić information content (AvgIpc) is 2.55. The number of benzene rings is 1. The van der Waals surface area contributed by atoms with Crippen molar-refractivity contribution in [2.45, 2.75) is 31.9 Å². The molecule has 2 atom stereocenters. The Balaban J connectivity index is 1.75. The highest BCUT2D eigenvalue weighted by atomic mass is 19.3. The molecule has 1 heterocycles. The summed E-state index contributed by atoms with van der Waals surface area (Å²) < 4.78 is 30.7. The summed E-state index contributed by atoms with van der Waals surface area (Å²) in [5.74, 6) is 0.736. The summed E-state index contributed by atoms with van der Waals surface area (Å²) in [6, 6.07) is 9.50. The van der Waals surface area contributed by atoms with Crippen LogP contribution in [-0.2, 0) is 0 Å². The van der Waals surface area contributed by atoms with Crippen molar-refractivity contribution in [3.8, 4) is 5.75 Å². The first-order valence-electron chi connectivity index (χ1n) is 8.19. The molecule has 6 heteroatoms. The zero-order valence-corrected chi connectivity index (χ0v) is 13.6. The molecule has 1 aromatic rings. The van der Waals surface area contributed by atoms with E-state index in [1.54, 1.807) is 0 Å². The Kier molecular flexibility index (Phi) is 7.20. The predicted octanol–water partition coefficient (Wildman–Crippen LogP) is 2.09. The van der Waals surface area contributed by atoms with Crippen molar-refractivity contribution in [1.82, 2.24) is 9.80 Å². The van der Waals surface area contributed by atoms with Crippen LogP contribution >= 0.6 is 0 Å². The number of ether oxygens (including phenoxy) is 1. The molecule has 0 spiro atoms. The topological polar surface area (TPSA) is 35.9 Å². The summed E-state index contributed by atoms with van der Waals surface area (Å²) in [6.07, 6.45) is -2.05. The van der Waals surface area contributed by atoms with E-state index in [2.05, 4.69) is 4.90 Å². The van der Waals surface area contributed by atoms with Crippen LogP contribution in [-0.4, -0.2) is 72.8 Å². The SMILES string of the molecule is CCC1CN(CC(O)COc2ccccc2)CCN1CC(F)F. The molecule has 2 unspecified atom stereocenters. The Hall–Kier alpha value is -1.24. The lowest BCUT2D eigenvalue weighted by Crippen LogP contribution is -2.55. The number of nitrogens with zero attached hydrogens (tertiary/aromatic N) is 2. The summed E-state index contributed by atoms with van der Waals surface area (Å²) in [7, 11) is 0. The summed E-state index contributed by atoms with van der Waals surface area (Å²) in [4.78, 5) is 3.99. The molecule has 1 aromatic carbocycles. The Morgan fingerprint density at radius 1 is 1.22 bits per heavy atom. The molecular formula is C17H26F2N2O2. The van der Waals surface area contributed by atoms with E-state index >= 15 is 0 Å². The van der Waals surface area contributed by atoms with Crippen LogP contribution in [0.2, 0.25) is 0 Å². The maximum Gasteiger partial charge on any atom is 0.251 e. The number of para-hydroxylation sites is 1. The molecule has 0 aliphatic carbocycles. The van der Waals surface area contributed by atoms with Gasteiger partial charge in [0.1, 0.15) is 18.5 Å². The van der Waals surface area contributed by atoms with Crippen molar-refractivity contribution in [3.05, 3.63) is 30.3 Å². The minimum atomic E-state index is -2.29. The van der Waals surface area contributed by atoms with Gasteiger partial charge in [-0.05, 0) is 18.6 Å². The summed E-state index contributed by atoms with van der Waals surface area (Å²) in [5.41, 5.74) is 0. The van der Waals surface area contributed by atoms with Gasteiger partial charge in [-0.1, -0.05) is 25.1 Å². The van der Waals surface area contributed by atoms with Crippen LogP contribution in [0, 0.1) is 0 Å². The van der Waals surface area contributed by atoms with Gasteiger partial charge < -0.3 is 9.84 Å². The Morgan fingerprint density at radius 2 is 1.96 bits per heavy atom. The molecule has 1 N–H and O–H groups in total. The van der Waals surface area contributed by atoms with E-state index in [1.807, 2.05) is 42.2 Å². The number of hydrogen-bond acceptors (Lipinski definition) is 4. The Morgan fingerprint density at radius 3 is 2.61 bits per heavy atom. The summed E-state index contributed by atoms with van der Waals surface area (Å²) >= 11 is 0. The molecule has 2 rings (SSSR count). The molecule has 1 fully saturated rings. The van der Waals surface area contributed by atoms with Crippen LogP contribution in [0.15, 0.2) is 30.3 Å². The molecule has 4 nitrogen and oxygen atoms in total. The van der Waals surface area contributed by atoms with E-state index in [0.717, 1.165) is 12.2 Å². The van der Waals surface area contributed by atoms with Crippen LogP contribution in [0.5, 0.6) is 5.75 Å². The molecule has 0 aromatic heterocycles. The maximum absolute atomic E-state index is 12.6. The second-order valence-electron chi connectivity index (χ2n) is 5.99. The highest BCUT2D eigenvalue weighted by molar-refractivity contribution is 5.20. The van der Waals surface area contributed by atoms with Crippen LogP contribution in [0.25, 0.3) is 0 Å². The largest absolute Gasteiger partial charge is 0.491 e. The van der Waals surface area contributed by atoms with Gasteiger partial charge in [0.15, 0.2) is 0 Å². The number of aliphatic hydroxyl groups excluding tert-OH is 1. The smallest absolute Gasteiger partial charge is 0.251 e. The molecule has 0 saturated carbocycles. The first kappa shape index (κ1) is 18.1. The van der Waals surface area contributed by atoms with E-state index in [4.69, 9.17) is 4.74 Å². The zero-order chi connectivity index (χ0) is 16.7. The second-order valence-corrected chi connectivity index (χ2v) is 5.99. The molecule has 1 aliphatic rings. The van der Waals surface area contributed by atoms with E-state index in [0.29, 0.717) is 26.2 Å². The predicted molar refractivity (Wildman–Crippen MR) is 86.0 cm³/mol. The van der Waals surface area contributed by atoms with Gasteiger partial charge >= 0.3 is 0 Å². The van der Waals surface area contributed by atoms with Crippen molar-refractivity contribution in [2.75, 3.05) is 39.3 Å². The molecule has 0 amide bonds. The minimum absolute atomic E-state index is 0.125. The zero-order valence-electron chi connectivity index (χ0n) is 13.6. The van der Waals surface area contributed by atoms with Gasteiger partial charge in [-0.2, -0.15) is 0 Å². The molecule has 23 heavy (non-hydrogen) atoms. The van der Waals surface area contributed by atoms with Crippen molar-refractivity contribution >= 4 is 0 Å². The van der Waals surface area contributed by atoms with Crippen LogP contribution in [0.3, 0.4) is 0 Å². The van der Waals surface area contributed by atoms with Gasteiger partial charge in [-0.25, -0.2) is 8.78 Å². The maximum atomic E-state index is 12.6. The van der Waals surface area contributed by atoms with E-state index in [9.17, 15) is 13.9 Å². The highest BCUT2D eigenvalue weighted by Gasteiger charge is 2.28. The quantitative estimate of drug-likeness (QED) is 0.793. The van der Waals surface area contributed by atoms with Gasteiger partial charge in [-0.15, -0.1) is 0 Å². The number of piperazine rings is 1. The fraction of sp³-hybridized carbons (Fsp3) is 0.647. The Labute approximate surface area is 136 Å². The van der Waals surface area contributed by atoms with Crippen LogP contribution < -0.4 is 4.74 Å². The minimum Gasteiger partial charge on any atom is -0.491 e. The highest BCUT2D eigenvalue weighted by Crippen LogP contribution is 2.15. The molecule has 1 saturated heterocycles. The lowest BCUT2D eigenvalue weighted by molar-refractivity contribution is -0.00158. The monoisotopic (exact) mass is 328 g/mol. The number of hydrogen-bond donors (Lipinski definition) is 1. The average molecular weight is 328 g/mol. The number of β-amino-alcohol motifs (C(OH)–C–C–N with tert-alkyl or cyclic N) is 1. The lowest BCUT2D eigenvalue weighted by Gasteiger charge is -2.41. The van der Waals surface area contributed by atoms with Gasteiger partial charge in [0, 0.05) is 32.2 Å². The van der Waals surface area contributed by atoms with Gasteiger partial charge in [0.05, 0.1) is 6.54 Å². The van der Waals surface area contributed by atoms with Gasteiger partial charge in [0.25, 0.3) is 6.43 Å². The van der Waals surface area contributed by atoms with Crippen molar-refractivity contribution < 1.29 is 18.6 Å². The number of halogens is 2. The number of rotatable bonds is 8. The van der Waals surface area contributed by atoms with E-state index < -0.39 is 12.5 Å². The fourth-order valence-corrected chi connectivity index (χ4v) is 2.99. The van der Waals surface area contributed by atoms with Crippen molar-refractivity contribution in [2.24, 2.45) is 0 Å². The van der Waals surface area contributed by atoms with E-state index in [-0.39, 0.29) is 19.2 Å².